The Balaban J connectivity index is 1.98. The van der Waals surface area contributed by atoms with E-state index in [0.717, 1.165) is 6.16 Å². The number of hydrogen-bond acceptors (Lipinski definition) is 1. The molecule has 4 rings (SSSR count). The Labute approximate surface area is 191 Å². The summed E-state index contributed by atoms with van der Waals surface area (Å²) in [5, 5.41) is 0.684. The summed E-state index contributed by atoms with van der Waals surface area (Å²) in [4.78, 5) is 0. The van der Waals surface area contributed by atoms with E-state index in [9.17, 15) is 4.39 Å². The average molecular weight is 495 g/mol. The monoisotopic (exact) mass is 494 g/mol. The van der Waals surface area contributed by atoms with Crippen LogP contribution < -0.4 is 20.7 Å². The van der Waals surface area contributed by atoms with Crippen molar-refractivity contribution in [3.05, 3.63) is 121 Å². The zero-order valence-corrected chi connectivity index (χ0v) is 19.7. The summed E-state index contributed by atoms with van der Waals surface area (Å²) in [6.07, 6.45) is 0.838. The van der Waals surface area contributed by atoms with Crippen LogP contribution in [0.1, 0.15) is 5.56 Å². The van der Waals surface area contributed by atoms with E-state index in [2.05, 4.69) is 119 Å². The van der Waals surface area contributed by atoms with Crippen LogP contribution in [0.5, 0.6) is 5.75 Å². The van der Waals surface area contributed by atoms with E-state index in [1.54, 1.807) is 0 Å². The second-order valence-corrected chi connectivity index (χ2v) is 16.5. The second kappa shape index (κ2) is 9.34. The summed E-state index contributed by atoms with van der Waals surface area (Å²) in [5.74, 6) is 0.680. The minimum absolute atomic E-state index is 0.0681. The van der Waals surface area contributed by atoms with E-state index < -0.39 is 12.0 Å². The molecule has 0 unspecified atom stereocenters. The Morgan fingerprint density at radius 3 is 1.55 bits per heavy atom. The van der Waals surface area contributed by atoms with Gasteiger partial charge in [-0.05, 0) is 0 Å². The van der Waals surface area contributed by atoms with E-state index in [1.165, 1.54) is 21.5 Å². The van der Waals surface area contributed by atoms with Gasteiger partial charge in [0.05, 0.1) is 0 Å². The van der Waals surface area contributed by atoms with Gasteiger partial charge >= 0.3 is 192 Å². The zero-order valence-electron chi connectivity index (χ0n) is 17.2. The molecule has 0 atom stereocenters. The summed E-state index contributed by atoms with van der Waals surface area (Å²) in [6.45, 7) is -0.430. The molecule has 4 aromatic carbocycles. The zero-order chi connectivity index (χ0) is 21.6. The van der Waals surface area contributed by atoms with E-state index in [4.69, 9.17) is 4.74 Å². The molecule has 0 radical (unpaired) electrons. The fourth-order valence-corrected chi connectivity index (χ4v) is 11.8. The summed E-state index contributed by atoms with van der Waals surface area (Å²) in [6, 6.07) is 40.2. The van der Waals surface area contributed by atoms with Crippen LogP contribution in [-0.2, 0) is 6.16 Å². The molecule has 0 saturated heterocycles. The molecule has 4 heteroatoms. The van der Waals surface area contributed by atoms with Crippen molar-refractivity contribution in [3.63, 3.8) is 0 Å². The maximum absolute atomic E-state index is 12.6. The fourth-order valence-electron chi connectivity index (χ4n) is 4.13. The number of benzene rings is 4. The van der Waals surface area contributed by atoms with Gasteiger partial charge in [-0.2, -0.15) is 0 Å². The quantitative estimate of drug-likeness (QED) is 0.258. The molecule has 1 nitrogen and oxygen atoms in total. The Hall–Kier alpha value is -2.48. The average Bonchev–Trinajstić information content (AvgIpc) is 2.85. The number of rotatable bonds is 8. The summed E-state index contributed by atoms with van der Waals surface area (Å²) >= 11 is 4.46. The molecule has 0 heterocycles. The maximum atomic E-state index is 12.6. The number of hydrogen-bond donors (Lipinski definition) is 0. The number of ether oxygens (including phenoxy) is 1. The van der Waals surface area contributed by atoms with E-state index in [1.807, 2.05) is 12.1 Å². The normalized spacial score (nSPS) is 12.6. The van der Waals surface area contributed by atoms with Gasteiger partial charge in [0.15, 0.2) is 0 Å². The number of halogens is 2. The van der Waals surface area contributed by atoms with Gasteiger partial charge in [0.1, 0.15) is 0 Å². The van der Waals surface area contributed by atoms with Gasteiger partial charge in [-0.25, -0.2) is 0 Å². The Bertz CT molecular complexity index is 1060. The molecule has 0 aliphatic carbocycles. The molecular weight excluding hydrogens is 470 g/mol. The third-order valence-corrected chi connectivity index (χ3v) is 15.2. The molecule has 0 amide bonds. The molecule has 0 N–H and O–H groups in total. The molecule has 0 bridgehead atoms. The van der Waals surface area contributed by atoms with Crippen molar-refractivity contribution < 1.29 is 9.13 Å². The summed E-state index contributed by atoms with van der Waals surface area (Å²) < 4.78 is 18.1. The van der Waals surface area contributed by atoms with Crippen LogP contribution in [0.4, 0.5) is 4.39 Å². The molecular formula is C27H25BrFOP. The number of alkyl halides is 1. The predicted molar refractivity (Wildman–Crippen MR) is 136 cm³/mol. The third-order valence-electron chi connectivity index (χ3n) is 5.63. The first kappa shape index (κ1) is 21.7. The van der Waals surface area contributed by atoms with Crippen molar-refractivity contribution in [2.24, 2.45) is 0 Å². The SMILES string of the molecule is FCCOc1ccc(P(Br)(Cc2ccccc2)(c2ccccc2)c2ccccc2)cc1. The first-order chi connectivity index (χ1) is 15.1. The Morgan fingerprint density at radius 1 is 0.613 bits per heavy atom. The molecule has 0 saturated carbocycles. The first-order valence-electron chi connectivity index (χ1n) is 10.3. The van der Waals surface area contributed by atoms with Crippen LogP contribution in [0, 0.1) is 0 Å². The van der Waals surface area contributed by atoms with Gasteiger partial charge in [-0.1, -0.05) is 0 Å². The summed E-state index contributed by atoms with van der Waals surface area (Å²) in [7, 11) is 0. The van der Waals surface area contributed by atoms with Crippen molar-refractivity contribution in [3.8, 4) is 5.75 Å². The standard InChI is InChI=1S/C27H25BrFOP/c28-31(25-12-6-2-7-13-25,26-14-8-3-9-15-26,22-23-10-4-1-5-11-23)27-18-16-24(17-19-27)30-21-20-29/h1-19H,20-22H2. The van der Waals surface area contributed by atoms with Gasteiger partial charge in [0, 0.05) is 0 Å². The molecule has 0 spiro atoms. The van der Waals surface area contributed by atoms with Crippen LogP contribution in [0.3, 0.4) is 0 Å². The molecule has 0 fully saturated rings. The Kier molecular flexibility index (Phi) is 6.55. The van der Waals surface area contributed by atoms with Crippen molar-refractivity contribution >= 4 is 36.7 Å². The van der Waals surface area contributed by atoms with Crippen molar-refractivity contribution in [1.82, 2.24) is 0 Å². The van der Waals surface area contributed by atoms with Crippen molar-refractivity contribution in [2.75, 3.05) is 13.3 Å². The first-order valence-corrected chi connectivity index (χ1v) is 14.8. The second-order valence-electron chi connectivity index (χ2n) is 7.53. The van der Waals surface area contributed by atoms with Crippen LogP contribution in [0.15, 0.2) is 115 Å². The van der Waals surface area contributed by atoms with E-state index in [0.29, 0.717) is 5.75 Å². The minimum atomic E-state index is -3.05. The topological polar surface area (TPSA) is 9.23 Å². The van der Waals surface area contributed by atoms with Crippen LogP contribution in [0.2, 0.25) is 0 Å². The molecule has 0 aliphatic heterocycles. The summed E-state index contributed by atoms with van der Waals surface area (Å²) in [5.41, 5.74) is 1.27. The van der Waals surface area contributed by atoms with Gasteiger partial charge in [-0.3, -0.25) is 0 Å². The van der Waals surface area contributed by atoms with E-state index >= 15 is 0 Å². The van der Waals surface area contributed by atoms with Gasteiger partial charge in [0.2, 0.25) is 0 Å². The van der Waals surface area contributed by atoms with E-state index in [-0.39, 0.29) is 6.61 Å². The van der Waals surface area contributed by atoms with Gasteiger partial charge in [0.25, 0.3) is 0 Å². The van der Waals surface area contributed by atoms with Crippen LogP contribution in [-0.4, -0.2) is 13.3 Å². The molecule has 158 valence electrons. The molecule has 0 aliphatic rings. The predicted octanol–water partition coefficient (Wildman–Crippen LogP) is 6.37. The Morgan fingerprint density at radius 2 is 1.06 bits per heavy atom. The van der Waals surface area contributed by atoms with Crippen LogP contribution in [0.25, 0.3) is 0 Å². The molecule has 0 aromatic heterocycles. The third kappa shape index (κ3) is 4.18. The van der Waals surface area contributed by atoms with Crippen molar-refractivity contribution in [1.29, 1.82) is 0 Å². The van der Waals surface area contributed by atoms with Crippen LogP contribution >= 0.6 is 20.8 Å². The van der Waals surface area contributed by atoms with Gasteiger partial charge in [-0.15, -0.1) is 0 Å². The van der Waals surface area contributed by atoms with Gasteiger partial charge < -0.3 is 0 Å². The van der Waals surface area contributed by atoms with Crippen molar-refractivity contribution in [2.45, 2.75) is 6.16 Å². The fraction of sp³-hybridized carbons (Fsp3) is 0.111. The molecule has 4 aromatic rings. The molecule has 31 heavy (non-hydrogen) atoms.